The van der Waals surface area contributed by atoms with E-state index >= 15 is 0 Å². The highest BCUT2D eigenvalue weighted by Crippen LogP contribution is 2.31. The second-order valence-corrected chi connectivity index (χ2v) is 10.3. The first-order valence-electron chi connectivity index (χ1n) is 11.1. The van der Waals surface area contributed by atoms with E-state index in [9.17, 15) is 13.2 Å². The van der Waals surface area contributed by atoms with E-state index in [1.165, 1.54) is 4.31 Å². The molecular formula is C24H25N5O4S. The standard InChI is InChI=1S/C24H25N5O4S/c1-16-22(17(2)33-27-16)34(31,32)28-13-8-11-19(15-28)24(30)26-23-21(18-9-4-3-5-10-18)25-20-12-6-7-14-29(20)23/h3-7,9-10,12,14,19H,8,11,13,15H2,1-2H3,(H,26,30). The molecule has 0 bridgehead atoms. The number of rotatable bonds is 5. The molecule has 4 aromatic rings. The van der Waals surface area contributed by atoms with Gasteiger partial charge in [-0.25, -0.2) is 13.4 Å². The van der Waals surface area contributed by atoms with Gasteiger partial charge in [-0.1, -0.05) is 41.6 Å². The smallest absolute Gasteiger partial charge is 0.248 e. The Hall–Kier alpha value is -3.50. The molecule has 1 aliphatic heterocycles. The molecule has 10 heteroatoms. The van der Waals surface area contributed by atoms with Crippen LogP contribution in [0.25, 0.3) is 16.9 Å². The molecule has 1 aliphatic rings. The second-order valence-electron chi connectivity index (χ2n) is 8.45. The molecule has 1 fully saturated rings. The third kappa shape index (κ3) is 3.88. The normalized spacial score (nSPS) is 17.2. The number of imidazole rings is 1. The zero-order chi connectivity index (χ0) is 23.9. The fourth-order valence-corrected chi connectivity index (χ4v) is 6.29. The minimum Gasteiger partial charge on any atom is -0.360 e. The van der Waals surface area contributed by atoms with Crippen LogP contribution in [0.5, 0.6) is 0 Å². The van der Waals surface area contributed by atoms with Crippen molar-refractivity contribution in [2.45, 2.75) is 31.6 Å². The fourth-order valence-electron chi connectivity index (χ4n) is 4.48. The Bertz CT molecular complexity index is 1440. The van der Waals surface area contributed by atoms with Gasteiger partial charge < -0.3 is 9.84 Å². The van der Waals surface area contributed by atoms with Crippen LogP contribution in [-0.4, -0.2) is 46.3 Å². The van der Waals surface area contributed by atoms with Crippen LogP contribution in [0.15, 0.2) is 64.1 Å². The van der Waals surface area contributed by atoms with Crippen LogP contribution in [0, 0.1) is 19.8 Å². The van der Waals surface area contributed by atoms with Gasteiger partial charge >= 0.3 is 0 Å². The van der Waals surface area contributed by atoms with E-state index in [0.717, 1.165) is 5.56 Å². The fraction of sp³-hybridized carbons (Fsp3) is 0.292. The lowest BCUT2D eigenvalue weighted by atomic mass is 9.99. The SMILES string of the molecule is Cc1noc(C)c1S(=O)(=O)N1CCCC(C(=O)Nc2c(-c3ccccc3)nc3ccccn23)C1. The van der Waals surface area contributed by atoms with E-state index in [2.05, 4.69) is 10.5 Å². The Kier molecular flexibility index (Phi) is 5.70. The summed E-state index contributed by atoms with van der Waals surface area (Å²) in [5.41, 5.74) is 2.58. The van der Waals surface area contributed by atoms with E-state index in [4.69, 9.17) is 9.51 Å². The van der Waals surface area contributed by atoms with Crippen LogP contribution in [-0.2, 0) is 14.8 Å². The summed E-state index contributed by atoms with van der Waals surface area (Å²) in [6.45, 7) is 3.63. The first kappa shape index (κ1) is 22.3. The van der Waals surface area contributed by atoms with Crippen molar-refractivity contribution in [3.05, 3.63) is 66.2 Å². The molecule has 1 amide bonds. The maximum absolute atomic E-state index is 13.4. The first-order chi connectivity index (χ1) is 16.4. The van der Waals surface area contributed by atoms with Crippen molar-refractivity contribution in [3.63, 3.8) is 0 Å². The molecule has 1 atom stereocenters. The molecule has 176 valence electrons. The summed E-state index contributed by atoms with van der Waals surface area (Å²) < 4.78 is 34.8. The van der Waals surface area contributed by atoms with Crippen LogP contribution in [0.4, 0.5) is 5.82 Å². The largest absolute Gasteiger partial charge is 0.360 e. The zero-order valence-corrected chi connectivity index (χ0v) is 19.7. The number of hydrogen-bond donors (Lipinski definition) is 1. The van der Waals surface area contributed by atoms with Crippen molar-refractivity contribution >= 4 is 27.4 Å². The zero-order valence-electron chi connectivity index (χ0n) is 18.9. The monoisotopic (exact) mass is 479 g/mol. The lowest BCUT2D eigenvalue weighted by Gasteiger charge is -2.31. The van der Waals surface area contributed by atoms with Gasteiger partial charge in [0.05, 0.1) is 5.92 Å². The van der Waals surface area contributed by atoms with E-state index in [0.29, 0.717) is 42.2 Å². The van der Waals surface area contributed by atoms with Gasteiger partial charge in [-0.05, 0) is 38.8 Å². The van der Waals surface area contributed by atoms with Gasteiger partial charge in [0.25, 0.3) is 0 Å². The van der Waals surface area contributed by atoms with Gasteiger partial charge in [-0.3, -0.25) is 9.20 Å². The van der Waals surface area contributed by atoms with Gasteiger partial charge in [0.2, 0.25) is 15.9 Å². The van der Waals surface area contributed by atoms with Crippen molar-refractivity contribution < 1.29 is 17.7 Å². The van der Waals surface area contributed by atoms with E-state index < -0.39 is 15.9 Å². The number of carbonyl (C=O) groups excluding carboxylic acids is 1. The van der Waals surface area contributed by atoms with Gasteiger partial charge in [0, 0.05) is 24.8 Å². The van der Waals surface area contributed by atoms with Crippen molar-refractivity contribution in [2.75, 3.05) is 18.4 Å². The second kappa shape index (κ2) is 8.69. The highest BCUT2D eigenvalue weighted by molar-refractivity contribution is 7.89. The van der Waals surface area contributed by atoms with E-state index in [1.807, 2.05) is 59.1 Å². The molecule has 1 saturated heterocycles. The Morgan fingerprint density at radius 3 is 2.62 bits per heavy atom. The number of anilines is 1. The molecule has 4 heterocycles. The Morgan fingerprint density at radius 2 is 1.88 bits per heavy atom. The maximum Gasteiger partial charge on any atom is 0.248 e. The molecule has 1 aromatic carbocycles. The number of piperidine rings is 1. The molecule has 0 spiro atoms. The summed E-state index contributed by atoms with van der Waals surface area (Å²) in [6, 6.07) is 15.3. The van der Waals surface area contributed by atoms with E-state index in [-0.39, 0.29) is 23.1 Å². The summed E-state index contributed by atoms with van der Waals surface area (Å²) in [5.74, 6) is 0.0863. The molecule has 1 unspecified atom stereocenters. The molecule has 0 radical (unpaired) electrons. The minimum atomic E-state index is -3.81. The molecule has 0 aliphatic carbocycles. The number of fused-ring (bicyclic) bond motifs is 1. The topological polar surface area (TPSA) is 110 Å². The van der Waals surface area contributed by atoms with Gasteiger partial charge in [0.15, 0.2) is 5.76 Å². The highest BCUT2D eigenvalue weighted by Gasteiger charge is 2.37. The first-order valence-corrected chi connectivity index (χ1v) is 12.6. The summed E-state index contributed by atoms with van der Waals surface area (Å²) in [6.07, 6.45) is 3.02. The summed E-state index contributed by atoms with van der Waals surface area (Å²) in [4.78, 5) is 18.2. The molecule has 3 aromatic heterocycles. The van der Waals surface area contributed by atoms with Crippen molar-refractivity contribution in [2.24, 2.45) is 5.92 Å². The van der Waals surface area contributed by atoms with Crippen LogP contribution >= 0.6 is 0 Å². The lowest BCUT2D eigenvalue weighted by Crippen LogP contribution is -2.44. The number of aromatic nitrogens is 3. The van der Waals surface area contributed by atoms with Crippen molar-refractivity contribution in [1.82, 2.24) is 18.8 Å². The van der Waals surface area contributed by atoms with Gasteiger partial charge in [0.1, 0.15) is 27.7 Å². The number of aryl methyl sites for hydroxylation is 2. The van der Waals surface area contributed by atoms with Crippen molar-refractivity contribution in [1.29, 1.82) is 0 Å². The summed E-state index contributed by atoms with van der Waals surface area (Å²) >= 11 is 0. The third-order valence-electron chi connectivity index (χ3n) is 6.14. The molecule has 34 heavy (non-hydrogen) atoms. The molecule has 9 nitrogen and oxygen atoms in total. The lowest BCUT2D eigenvalue weighted by molar-refractivity contribution is -0.120. The number of hydrogen-bond acceptors (Lipinski definition) is 6. The van der Waals surface area contributed by atoms with Crippen LogP contribution in [0.2, 0.25) is 0 Å². The summed E-state index contributed by atoms with van der Waals surface area (Å²) in [7, 11) is -3.81. The molecule has 1 N–H and O–H groups in total. The number of carbonyl (C=O) groups is 1. The molecule has 5 rings (SSSR count). The highest BCUT2D eigenvalue weighted by atomic mass is 32.2. The Balaban J connectivity index is 1.43. The molecular weight excluding hydrogens is 454 g/mol. The number of amides is 1. The van der Waals surface area contributed by atoms with Crippen LogP contribution < -0.4 is 5.32 Å². The number of nitrogens with zero attached hydrogens (tertiary/aromatic N) is 4. The average molecular weight is 480 g/mol. The Labute approximate surface area is 197 Å². The number of benzene rings is 1. The quantitative estimate of drug-likeness (QED) is 0.468. The Morgan fingerprint density at radius 1 is 1.12 bits per heavy atom. The van der Waals surface area contributed by atoms with E-state index in [1.54, 1.807) is 13.8 Å². The van der Waals surface area contributed by atoms with Crippen molar-refractivity contribution in [3.8, 4) is 11.3 Å². The third-order valence-corrected chi connectivity index (χ3v) is 8.25. The number of pyridine rings is 1. The van der Waals surface area contributed by atoms with Gasteiger partial charge in [-0.15, -0.1) is 0 Å². The van der Waals surface area contributed by atoms with Crippen LogP contribution in [0.1, 0.15) is 24.3 Å². The predicted molar refractivity (Wildman–Crippen MR) is 127 cm³/mol. The maximum atomic E-state index is 13.4. The average Bonchev–Trinajstić information content (AvgIpc) is 3.39. The predicted octanol–water partition coefficient (Wildman–Crippen LogP) is 3.65. The minimum absolute atomic E-state index is 0.0849. The number of sulfonamides is 1. The van der Waals surface area contributed by atoms with Gasteiger partial charge in [-0.2, -0.15) is 4.31 Å². The molecule has 0 saturated carbocycles. The summed E-state index contributed by atoms with van der Waals surface area (Å²) in [5, 5.41) is 6.82. The number of nitrogens with one attached hydrogen (secondary N) is 1. The van der Waals surface area contributed by atoms with Crippen LogP contribution in [0.3, 0.4) is 0 Å².